The quantitative estimate of drug-likeness (QED) is 0.651. The molecule has 2 aromatic heterocycles. The zero-order chi connectivity index (χ0) is 21.2. The molecule has 0 bridgehead atoms. The van der Waals surface area contributed by atoms with Crippen LogP contribution in [0.15, 0.2) is 35.8 Å². The first-order valence-corrected chi connectivity index (χ1v) is 9.50. The van der Waals surface area contributed by atoms with Crippen molar-refractivity contribution in [2.24, 2.45) is 0 Å². The maximum absolute atomic E-state index is 12.9. The fourth-order valence-electron chi connectivity index (χ4n) is 2.62. The Bertz CT molecular complexity index is 1060. The Morgan fingerprint density at radius 2 is 2.03 bits per heavy atom. The van der Waals surface area contributed by atoms with E-state index in [1.54, 1.807) is 18.4 Å². The Labute approximate surface area is 168 Å². The zero-order valence-corrected chi connectivity index (χ0v) is 16.4. The molecule has 6 nitrogen and oxygen atoms in total. The minimum atomic E-state index is -4.43. The molecule has 1 aromatic carbocycles. The Kier molecular flexibility index (Phi) is 5.83. The molecule has 0 aliphatic carbocycles. The molecule has 1 N–H and O–H groups in total. The highest BCUT2D eigenvalue weighted by molar-refractivity contribution is 7.12. The molecule has 10 heteroatoms. The second kappa shape index (κ2) is 8.16. The maximum Gasteiger partial charge on any atom is 0.416 e. The van der Waals surface area contributed by atoms with Crippen LogP contribution in [0.1, 0.15) is 35.0 Å². The number of carbonyl (C=O) groups excluding carboxylic acids is 2. The van der Waals surface area contributed by atoms with Gasteiger partial charge in [0.25, 0.3) is 5.91 Å². The number of hydrogen-bond acceptors (Lipinski definition) is 5. The van der Waals surface area contributed by atoms with Crippen LogP contribution in [0.3, 0.4) is 0 Å². The van der Waals surface area contributed by atoms with E-state index < -0.39 is 11.7 Å². The van der Waals surface area contributed by atoms with Gasteiger partial charge in [0, 0.05) is 23.9 Å². The monoisotopic (exact) mass is 422 g/mol. The maximum atomic E-state index is 12.9. The van der Waals surface area contributed by atoms with Crippen LogP contribution in [0.2, 0.25) is 0 Å². The minimum Gasteiger partial charge on any atom is -0.351 e. The van der Waals surface area contributed by atoms with Gasteiger partial charge >= 0.3 is 6.18 Å². The summed E-state index contributed by atoms with van der Waals surface area (Å²) in [6, 6.07) is 4.94. The molecule has 0 atom stereocenters. The largest absolute Gasteiger partial charge is 0.416 e. The second-order valence-corrected chi connectivity index (χ2v) is 7.19. The van der Waals surface area contributed by atoms with E-state index in [1.807, 2.05) is 0 Å². The lowest BCUT2D eigenvalue weighted by molar-refractivity contribution is -0.137. The van der Waals surface area contributed by atoms with Crippen molar-refractivity contribution >= 4 is 23.0 Å². The smallest absolute Gasteiger partial charge is 0.351 e. The van der Waals surface area contributed by atoms with Crippen molar-refractivity contribution in [2.75, 3.05) is 6.54 Å². The molecule has 3 aromatic rings. The van der Waals surface area contributed by atoms with Gasteiger partial charge in [-0.2, -0.15) is 18.3 Å². The van der Waals surface area contributed by atoms with Crippen molar-refractivity contribution in [1.29, 1.82) is 0 Å². The molecule has 152 valence electrons. The summed E-state index contributed by atoms with van der Waals surface area (Å²) in [4.78, 5) is 27.6. The van der Waals surface area contributed by atoms with Crippen LogP contribution < -0.4 is 5.32 Å². The first-order chi connectivity index (χ1) is 13.7. The van der Waals surface area contributed by atoms with Crippen LogP contribution >= 0.6 is 11.3 Å². The van der Waals surface area contributed by atoms with E-state index in [0.29, 0.717) is 27.6 Å². The number of thiazole rings is 1. The van der Waals surface area contributed by atoms with E-state index in [9.17, 15) is 22.8 Å². The van der Waals surface area contributed by atoms with Crippen molar-refractivity contribution in [3.8, 4) is 16.4 Å². The summed E-state index contributed by atoms with van der Waals surface area (Å²) in [7, 11) is 0. The summed E-state index contributed by atoms with van der Waals surface area (Å²) in [5, 5.41) is 8.89. The number of amides is 1. The van der Waals surface area contributed by atoms with Gasteiger partial charge in [-0.15, -0.1) is 11.3 Å². The van der Waals surface area contributed by atoms with Crippen molar-refractivity contribution in [2.45, 2.75) is 26.4 Å². The molecule has 0 radical (unpaired) electrons. The van der Waals surface area contributed by atoms with Gasteiger partial charge in [-0.25, -0.2) is 9.67 Å². The van der Waals surface area contributed by atoms with Gasteiger partial charge in [0.1, 0.15) is 5.78 Å². The molecule has 0 unspecified atom stereocenters. The van der Waals surface area contributed by atoms with Crippen LogP contribution in [0.25, 0.3) is 16.4 Å². The number of nitrogens with one attached hydrogen (secondary N) is 1. The van der Waals surface area contributed by atoms with Crippen LogP contribution in [0, 0.1) is 6.92 Å². The number of Topliss-reactive ketones (excluding diaryl/α,β-unsaturated/α-hetero) is 1. The van der Waals surface area contributed by atoms with Crippen LogP contribution in [-0.4, -0.2) is 33.0 Å². The van der Waals surface area contributed by atoms with E-state index >= 15 is 0 Å². The minimum absolute atomic E-state index is 0.0253. The Morgan fingerprint density at radius 1 is 1.28 bits per heavy atom. The number of ketones is 1. The van der Waals surface area contributed by atoms with E-state index in [0.717, 1.165) is 12.1 Å². The first kappa shape index (κ1) is 20.7. The van der Waals surface area contributed by atoms with Crippen molar-refractivity contribution < 1.29 is 22.8 Å². The SMILES string of the molecule is CC(=O)CCNC(=O)c1cnn(-c2nc(-c3cccc(C(F)(F)F)c3)cs2)c1C. The number of nitrogens with zero attached hydrogens (tertiary/aromatic N) is 3. The summed E-state index contributed by atoms with van der Waals surface area (Å²) in [6.07, 6.45) is -2.80. The lowest BCUT2D eigenvalue weighted by atomic mass is 10.1. The molecule has 3 rings (SSSR count). The van der Waals surface area contributed by atoms with Gasteiger partial charge in [0.05, 0.1) is 28.7 Å². The van der Waals surface area contributed by atoms with Crippen LogP contribution in [-0.2, 0) is 11.0 Å². The number of carbonyl (C=O) groups is 2. The summed E-state index contributed by atoms with van der Waals surface area (Å²) < 4.78 is 40.2. The summed E-state index contributed by atoms with van der Waals surface area (Å²) in [5.74, 6) is -0.382. The topological polar surface area (TPSA) is 76.9 Å². The number of halogens is 3. The molecule has 0 saturated carbocycles. The van der Waals surface area contributed by atoms with Crippen molar-refractivity contribution in [1.82, 2.24) is 20.1 Å². The van der Waals surface area contributed by atoms with E-state index in [1.165, 1.54) is 35.2 Å². The highest BCUT2D eigenvalue weighted by Gasteiger charge is 2.30. The van der Waals surface area contributed by atoms with E-state index in [4.69, 9.17) is 0 Å². The van der Waals surface area contributed by atoms with Crippen LogP contribution in [0.5, 0.6) is 0 Å². The summed E-state index contributed by atoms with van der Waals surface area (Å²) >= 11 is 1.20. The van der Waals surface area contributed by atoms with Gasteiger partial charge in [-0.1, -0.05) is 12.1 Å². The molecular weight excluding hydrogens is 405 g/mol. The third kappa shape index (κ3) is 4.70. The second-order valence-electron chi connectivity index (χ2n) is 6.36. The zero-order valence-electron chi connectivity index (χ0n) is 15.6. The molecule has 0 fully saturated rings. The average Bonchev–Trinajstić information content (AvgIpc) is 3.27. The fourth-order valence-corrected chi connectivity index (χ4v) is 3.46. The molecule has 0 saturated heterocycles. The summed E-state index contributed by atoms with van der Waals surface area (Å²) in [6.45, 7) is 3.37. The molecule has 29 heavy (non-hydrogen) atoms. The fraction of sp³-hybridized carbons (Fsp3) is 0.263. The predicted octanol–water partition coefficient (Wildman–Crippen LogP) is 4.03. The summed E-state index contributed by atoms with van der Waals surface area (Å²) in [5.41, 5.74) is 0.858. The van der Waals surface area contributed by atoms with Crippen molar-refractivity contribution in [3.05, 3.63) is 52.7 Å². The van der Waals surface area contributed by atoms with Crippen LogP contribution in [0.4, 0.5) is 13.2 Å². The Morgan fingerprint density at radius 3 is 2.72 bits per heavy atom. The third-order valence-corrected chi connectivity index (χ3v) is 4.99. The lowest BCUT2D eigenvalue weighted by Gasteiger charge is -2.07. The van der Waals surface area contributed by atoms with Gasteiger partial charge in [0.2, 0.25) is 5.13 Å². The number of alkyl halides is 3. The molecule has 1 amide bonds. The Balaban J connectivity index is 1.82. The molecule has 0 spiro atoms. The first-order valence-electron chi connectivity index (χ1n) is 8.62. The van der Waals surface area contributed by atoms with Gasteiger partial charge in [-0.3, -0.25) is 9.59 Å². The predicted molar refractivity (Wildman–Crippen MR) is 102 cm³/mol. The number of aromatic nitrogens is 3. The van der Waals surface area contributed by atoms with Gasteiger partial charge in [-0.05, 0) is 26.0 Å². The van der Waals surface area contributed by atoms with E-state index in [2.05, 4.69) is 15.4 Å². The van der Waals surface area contributed by atoms with Crippen molar-refractivity contribution in [3.63, 3.8) is 0 Å². The third-order valence-electron chi connectivity index (χ3n) is 4.18. The molecule has 2 heterocycles. The number of rotatable bonds is 6. The van der Waals surface area contributed by atoms with Gasteiger partial charge < -0.3 is 5.32 Å². The molecule has 0 aliphatic heterocycles. The highest BCUT2D eigenvalue weighted by atomic mass is 32.1. The Hall–Kier alpha value is -3.01. The normalized spacial score (nSPS) is 11.5. The number of hydrogen-bond donors (Lipinski definition) is 1. The number of benzene rings is 1. The highest BCUT2D eigenvalue weighted by Crippen LogP contribution is 2.33. The standard InChI is InChI=1S/C19H17F3N4O2S/c1-11(27)6-7-23-17(28)15-9-24-26(12(15)2)18-25-16(10-29-18)13-4-3-5-14(8-13)19(20,21)22/h3-5,8-10H,6-7H2,1-2H3,(H,23,28). The average molecular weight is 422 g/mol. The lowest BCUT2D eigenvalue weighted by Crippen LogP contribution is -2.26. The molecular formula is C19H17F3N4O2S. The molecule has 0 aliphatic rings. The van der Waals surface area contributed by atoms with E-state index in [-0.39, 0.29) is 24.7 Å². The van der Waals surface area contributed by atoms with Gasteiger partial charge in [0.15, 0.2) is 0 Å².